The smallest absolute Gasteiger partial charge is 0.260 e. The number of phenolic OH excluding ortho intramolecular Hbond substituents is 1. The van der Waals surface area contributed by atoms with Crippen LogP contribution in [-0.2, 0) is 31.0 Å². The summed E-state index contributed by atoms with van der Waals surface area (Å²) in [7, 11) is 1.38. The van der Waals surface area contributed by atoms with Crippen LogP contribution in [0.5, 0.6) is 11.5 Å². The summed E-state index contributed by atoms with van der Waals surface area (Å²) < 4.78 is 19.4. The van der Waals surface area contributed by atoms with Crippen LogP contribution in [0.3, 0.4) is 0 Å². The highest BCUT2D eigenvalue weighted by molar-refractivity contribution is 6.32. The van der Waals surface area contributed by atoms with Gasteiger partial charge in [-0.15, -0.1) is 0 Å². The second-order valence-electron chi connectivity index (χ2n) is 14.0. The number of ether oxygens (including phenoxy) is 1. The topological polar surface area (TPSA) is 116 Å². The number of phenols is 1. The maximum atomic E-state index is 15.3. The Kier molecular flexibility index (Phi) is 8.58. The first-order valence-electron chi connectivity index (χ1n) is 17.4. The van der Waals surface area contributed by atoms with Crippen molar-refractivity contribution in [1.29, 1.82) is 0 Å². The zero-order chi connectivity index (χ0) is 37.3. The van der Waals surface area contributed by atoms with Gasteiger partial charge in [0.15, 0.2) is 11.5 Å². The molecule has 12 heteroatoms. The van der Waals surface area contributed by atoms with E-state index in [1.165, 1.54) is 36.3 Å². The number of halogens is 3. The fourth-order valence-electron chi connectivity index (χ4n) is 9.08. The molecule has 8 rings (SSSR count). The number of nitrogens with one attached hydrogen (secondary N) is 1. The number of aryl methyl sites for hydroxylation is 1. The van der Waals surface area contributed by atoms with Crippen molar-refractivity contribution in [2.45, 2.75) is 37.5 Å². The average molecular weight is 755 g/mol. The van der Waals surface area contributed by atoms with E-state index in [-0.39, 0.29) is 41.2 Å². The highest BCUT2D eigenvalue weighted by Gasteiger charge is 2.70. The van der Waals surface area contributed by atoms with Gasteiger partial charge in [0.1, 0.15) is 5.82 Å². The molecule has 1 saturated carbocycles. The minimum Gasteiger partial charge on any atom is -0.503 e. The normalized spacial score (nSPS) is 26.3. The number of hydrazine groups is 1. The van der Waals surface area contributed by atoms with Crippen LogP contribution in [0, 0.1) is 29.5 Å². The van der Waals surface area contributed by atoms with E-state index in [1.54, 1.807) is 48.5 Å². The largest absolute Gasteiger partial charge is 0.503 e. The Bertz CT molecular complexity index is 2210. The number of rotatable bonds is 7. The van der Waals surface area contributed by atoms with Crippen LogP contribution in [0.15, 0.2) is 96.6 Å². The zero-order valence-electron chi connectivity index (χ0n) is 28.7. The molecule has 270 valence electrons. The van der Waals surface area contributed by atoms with Gasteiger partial charge in [0.05, 0.1) is 46.7 Å². The van der Waals surface area contributed by atoms with Crippen molar-refractivity contribution < 1.29 is 33.4 Å². The van der Waals surface area contributed by atoms with Crippen molar-refractivity contribution in [1.82, 2.24) is 5.01 Å². The van der Waals surface area contributed by atoms with Crippen LogP contribution < -0.4 is 15.1 Å². The lowest BCUT2D eigenvalue weighted by Crippen LogP contribution is -2.53. The molecule has 2 saturated heterocycles. The van der Waals surface area contributed by atoms with Crippen molar-refractivity contribution in [3.8, 4) is 11.5 Å². The molecule has 2 N–H and O–H groups in total. The Morgan fingerprint density at radius 3 is 2.26 bits per heavy atom. The molecule has 4 aromatic rings. The molecule has 53 heavy (non-hydrogen) atoms. The van der Waals surface area contributed by atoms with Gasteiger partial charge in [0.2, 0.25) is 11.8 Å². The van der Waals surface area contributed by atoms with Gasteiger partial charge >= 0.3 is 0 Å². The fourth-order valence-corrected chi connectivity index (χ4v) is 9.43. The maximum absolute atomic E-state index is 15.3. The summed E-state index contributed by atoms with van der Waals surface area (Å²) in [5, 5.41) is 12.1. The van der Waals surface area contributed by atoms with E-state index in [2.05, 4.69) is 5.43 Å². The molecule has 3 fully saturated rings. The van der Waals surface area contributed by atoms with Crippen LogP contribution in [0.4, 0.5) is 15.8 Å². The molecule has 9 nitrogen and oxygen atoms in total. The van der Waals surface area contributed by atoms with Crippen molar-refractivity contribution in [2.75, 3.05) is 17.4 Å². The number of aromatic hydroxyl groups is 1. The van der Waals surface area contributed by atoms with Crippen molar-refractivity contribution in [2.24, 2.45) is 23.7 Å². The lowest BCUT2D eigenvalue weighted by molar-refractivity contribution is -0.138. The van der Waals surface area contributed by atoms with E-state index in [0.29, 0.717) is 33.1 Å². The molecule has 2 heterocycles. The SMILES string of the molecule is CCc1ccc(N2C(=O)[C@H]3[C@H](CC=C4[C@H]3C[C@H]3C(=O)N(Nc5ccc(F)cc5)C(=O)[C@@]3(c3ccc(Cl)cc3)[C@H]4c3cc(Cl)c(O)c(OC)c3)C2=O)cc1. The number of carbonyl (C=O) groups is 4. The summed E-state index contributed by atoms with van der Waals surface area (Å²) in [5.41, 5.74) is 4.83. The van der Waals surface area contributed by atoms with E-state index in [9.17, 15) is 23.9 Å². The fraction of sp³-hybridized carbons (Fsp3) is 0.268. The summed E-state index contributed by atoms with van der Waals surface area (Å²) in [6, 6.07) is 22.5. The molecule has 0 bridgehead atoms. The van der Waals surface area contributed by atoms with Gasteiger partial charge in [-0.1, -0.05) is 66.0 Å². The number of anilines is 2. The van der Waals surface area contributed by atoms with Gasteiger partial charge in [0.25, 0.3) is 11.8 Å². The predicted octanol–water partition coefficient (Wildman–Crippen LogP) is 7.60. The summed E-state index contributed by atoms with van der Waals surface area (Å²) in [6.07, 6.45) is 3.03. The first-order valence-corrected chi connectivity index (χ1v) is 18.1. The Labute approximate surface area is 314 Å². The molecule has 4 aliphatic rings. The Hall–Kier alpha value is -5.19. The molecule has 2 aliphatic carbocycles. The van der Waals surface area contributed by atoms with Gasteiger partial charge < -0.3 is 9.84 Å². The van der Waals surface area contributed by atoms with E-state index in [4.69, 9.17) is 27.9 Å². The van der Waals surface area contributed by atoms with E-state index in [1.807, 2.05) is 25.1 Å². The second kappa shape index (κ2) is 13.0. The van der Waals surface area contributed by atoms with Crippen LogP contribution in [0.2, 0.25) is 10.0 Å². The Balaban J connectivity index is 1.33. The number of imide groups is 2. The monoisotopic (exact) mass is 753 g/mol. The third-order valence-electron chi connectivity index (χ3n) is 11.5. The number of hydrogen-bond acceptors (Lipinski definition) is 7. The van der Waals surface area contributed by atoms with Crippen LogP contribution >= 0.6 is 23.2 Å². The van der Waals surface area contributed by atoms with Gasteiger partial charge in [-0.25, -0.2) is 4.39 Å². The first kappa shape index (κ1) is 34.9. The molecule has 0 unspecified atom stereocenters. The molecule has 4 amide bonds. The number of carbonyl (C=O) groups excluding carboxylic acids is 4. The Morgan fingerprint density at radius 2 is 1.60 bits per heavy atom. The third-order valence-corrected chi connectivity index (χ3v) is 12.0. The predicted molar refractivity (Wildman–Crippen MR) is 197 cm³/mol. The number of nitrogens with zero attached hydrogens (tertiary/aromatic N) is 2. The minimum absolute atomic E-state index is 0.0366. The number of methoxy groups -OCH3 is 1. The average Bonchev–Trinajstić information content (AvgIpc) is 3.54. The van der Waals surface area contributed by atoms with Gasteiger partial charge in [-0.2, -0.15) is 5.01 Å². The van der Waals surface area contributed by atoms with Crippen molar-refractivity contribution in [3.05, 3.63) is 129 Å². The summed E-state index contributed by atoms with van der Waals surface area (Å²) in [6.45, 7) is 2.02. The quantitative estimate of drug-likeness (QED) is 0.148. The number of hydrogen-bond donors (Lipinski definition) is 2. The molecule has 6 atom stereocenters. The summed E-state index contributed by atoms with van der Waals surface area (Å²) in [5.74, 6) is -6.62. The zero-order valence-corrected chi connectivity index (χ0v) is 30.2. The van der Waals surface area contributed by atoms with E-state index in [0.717, 1.165) is 17.0 Å². The molecular weight excluding hydrogens is 720 g/mol. The van der Waals surface area contributed by atoms with Gasteiger partial charge in [0, 0.05) is 10.9 Å². The van der Waals surface area contributed by atoms with Crippen molar-refractivity contribution in [3.63, 3.8) is 0 Å². The number of benzene rings is 4. The molecule has 2 aliphatic heterocycles. The van der Waals surface area contributed by atoms with Gasteiger partial charge in [-0.3, -0.25) is 29.5 Å². The maximum Gasteiger partial charge on any atom is 0.260 e. The highest BCUT2D eigenvalue weighted by atomic mass is 35.5. The standard InChI is InChI=1S/C41H34Cl2FN3O6/c1-3-21-4-14-27(15-5-21)46-37(49)29-17-16-28-30(34(29)39(46)51)20-31-38(50)47(45-26-12-10-25(44)11-13-26)40(52)41(31,23-6-8-24(42)9-7-23)35(28)22-18-32(43)36(48)33(19-22)53-2/h4-16,18-19,29-31,34-35,45,48H,3,17,20H2,1-2H3/t29-,30+,31-,34-,35-,41+/m0/s1. The molecule has 4 aromatic carbocycles. The first-order chi connectivity index (χ1) is 25.5. The molecule has 0 radical (unpaired) electrons. The van der Waals surface area contributed by atoms with Crippen LogP contribution in [0.1, 0.15) is 42.4 Å². The molecular formula is C41H34Cl2FN3O6. The lowest BCUT2D eigenvalue weighted by Gasteiger charge is -2.50. The number of fused-ring (bicyclic) bond motifs is 4. The Morgan fingerprint density at radius 1 is 0.906 bits per heavy atom. The second-order valence-corrected chi connectivity index (χ2v) is 14.8. The van der Waals surface area contributed by atoms with Gasteiger partial charge in [-0.05, 0) is 103 Å². The van der Waals surface area contributed by atoms with E-state index < -0.39 is 52.6 Å². The van der Waals surface area contributed by atoms with Crippen LogP contribution in [0.25, 0.3) is 0 Å². The lowest BCUT2D eigenvalue weighted by atomic mass is 9.49. The molecule has 0 aromatic heterocycles. The summed E-state index contributed by atoms with van der Waals surface area (Å²) >= 11 is 13.0. The highest BCUT2D eigenvalue weighted by Crippen LogP contribution is 2.64. The number of allylic oxidation sites excluding steroid dienone is 2. The third kappa shape index (κ3) is 5.25. The van der Waals surface area contributed by atoms with E-state index >= 15 is 4.79 Å². The number of amides is 4. The summed E-state index contributed by atoms with van der Waals surface area (Å²) in [4.78, 5) is 60.0. The molecule has 0 spiro atoms. The van der Waals surface area contributed by atoms with Crippen LogP contribution in [-0.4, -0.2) is 40.9 Å². The van der Waals surface area contributed by atoms with Crippen molar-refractivity contribution >= 4 is 58.2 Å². The minimum atomic E-state index is -1.61.